The number of rotatable bonds is 4. The Labute approximate surface area is 144 Å². The molecule has 0 radical (unpaired) electrons. The molecular formula is C20H25NOS. The molecule has 2 N–H and O–H groups in total. The zero-order valence-electron chi connectivity index (χ0n) is 14.0. The van der Waals surface area contributed by atoms with Crippen LogP contribution in [0.3, 0.4) is 0 Å². The zero-order chi connectivity index (χ0) is 16.9. The van der Waals surface area contributed by atoms with Crippen LogP contribution in [0, 0.1) is 11.3 Å². The minimum Gasteiger partial charge on any atom is -0.508 e. The van der Waals surface area contributed by atoms with Crippen LogP contribution >= 0.6 is 12.2 Å². The first-order chi connectivity index (χ1) is 10.9. The number of benzene rings is 1. The number of hydrogen-bond acceptors (Lipinski definition) is 2. The number of thiocarbonyl (C=S) groups is 1. The Morgan fingerprint density at radius 2 is 2.00 bits per heavy atom. The Kier molecular flexibility index (Phi) is 5.78. The van der Waals surface area contributed by atoms with E-state index in [0.717, 1.165) is 18.5 Å². The number of aliphatic hydroxyl groups is 1. The van der Waals surface area contributed by atoms with Gasteiger partial charge in [0, 0.05) is 17.7 Å². The van der Waals surface area contributed by atoms with Crippen molar-refractivity contribution in [3.8, 4) is 0 Å². The molecule has 3 heteroatoms. The van der Waals surface area contributed by atoms with E-state index in [4.69, 9.17) is 12.2 Å². The molecule has 1 aliphatic carbocycles. The van der Waals surface area contributed by atoms with Crippen LogP contribution in [0.15, 0.2) is 66.0 Å². The first kappa shape index (κ1) is 17.5. The van der Waals surface area contributed by atoms with Crippen LogP contribution in [0.25, 0.3) is 0 Å². The van der Waals surface area contributed by atoms with Crippen LogP contribution in [-0.2, 0) is 0 Å². The molecular weight excluding hydrogens is 302 g/mol. The summed E-state index contributed by atoms with van der Waals surface area (Å²) in [4.78, 5) is 0.494. The van der Waals surface area contributed by atoms with E-state index in [1.807, 2.05) is 30.3 Å². The molecule has 122 valence electrons. The van der Waals surface area contributed by atoms with Crippen molar-refractivity contribution in [3.05, 3.63) is 66.0 Å². The van der Waals surface area contributed by atoms with Crippen LogP contribution in [0.2, 0.25) is 0 Å². The number of para-hydroxylation sites is 1. The van der Waals surface area contributed by atoms with E-state index < -0.39 is 0 Å². The second-order valence-electron chi connectivity index (χ2n) is 6.74. The highest BCUT2D eigenvalue weighted by Gasteiger charge is 2.30. The minimum atomic E-state index is 0.174. The van der Waals surface area contributed by atoms with Crippen molar-refractivity contribution in [2.45, 2.75) is 33.6 Å². The molecule has 1 aromatic carbocycles. The van der Waals surface area contributed by atoms with Gasteiger partial charge in [-0.05, 0) is 43.4 Å². The first-order valence-corrected chi connectivity index (χ1v) is 8.41. The average molecular weight is 327 g/mol. The van der Waals surface area contributed by atoms with Crippen LogP contribution in [0.5, 0.6) is 0 Å². The maximum atomic E-state index is 10.1. The van der Waals surface area contributed by atoms with Gasteiger partial charge >= 0.3 is 0 Å². The third-order valence-electron chi connectivity index (χ3n) is 4.37. The largest absolute Gasteiger partial charge is 0.508 e. The van der Waals surface area contributed by atoms with E-state index in [0.29, 0.717) is 10.9 Å². The Morgan fingerprint density at radius 3 is 2.65 bits per heavy atom. The number of nitrogens with one attached hydrogen (secondary N) is 1. The van der Waals surface area contributed by atoms with E-state index in [-0.39, 0.29) is 11.2 Å². The SMILES string of the molecule is CC1=CCCC(C)(C)C1/C=C/C(O)=C/C(=S)Nc1ccccc1. The van der Waals surface area contributed by atoms with E-state index in [1.165, 1.54) is 5.57 Å². The summed E-state index contributed by atoms with van der Waals surface area (Å²) in [6.45, 7) is 6.72. The van der Waals surface area contributed by atoms with E-state index in [9.17, 15) is 5.11 Å². The van der Waals surface area contributed by atoms with Gasteiger partial charge in [-0.15, -0.1) is 0 Å². The van der Waals surface area contributed by atoms with Crippen molar-refractivity contribution in [3.63, 3.8) is 0 Å². The van der Waals surface area contributed by atoms with E-state index in [2.05, 4.69) is 38.2 Å². The molecule has 0 saturated heterocycles. The van der Waals surface area contributed by atoms with Gasteiger partial charge in [0.25, 0.3) is 0 Å². The van der Waals surface area contributed by atoms with Crippen molar-refractivity contribution in [2.24, 2.45) is 11.3 Å². The standard InChI is InChI=1S/C20H25NOS/c1-15-8-7-13-20(2,3)18(15)12-11-17(22)14-19(23)21-16-9-5-4-6-10-16/h4-6,8-12,14,18,22H,7,13H2,1-3H3,(H,21,23)/b12-11+,17-14-. The maximum Gasteiger partial charge on any atom is 0.118 e. The Balaban J connectivity index is 2.02. The molecule has 0 aliphatic heterocycles. The summed E-state index contributed by atoms with van der Waals surface area (Å²) in [6.07, 6.45) is 10.0. The molecule has 0 amide bonds. The highest BCUT2D eigenvalue weighted by Crippen LogP contribution is 2.41. The molecule has 1 unspecified atom stereocenters. The van der Waals surface area contributed by atoms with Gasteiger partial charge in [0.2, 0.25) is 0 Å². The fraction of sp³-hybridized carbons (Fsp3) is 0.350. The summed E-state index contributed by atoms with van der Waals surface area (Å²) in [5, 5.41) is 13.2. The van der Waals surface area contributed by atoms with Crippen LogP contribution < -0.4 is 5.32 Å². The molecule has 1 aliphatic rings. The lowest BCUT2D eigenvalue weighted by Gasteiger charge is -2.36. The normalized spacial score (nSPS) is 21.1. The van der Waals surface area contributed by atoms with Crippen molar-refractivity contribution in [2.75, 3.05) is 5.32 Å². The van der Waals surface area contributed by atoms with Gasteiger partial charge in [-0.2, -0.15) is 0 Å². The predicted octanol–water partition coefficient (Wildman–Crippen LogP) is 5.81. The molecule has 2 rings (SSSR count). The van der Waals surface area contributed by atoms with Crippen LogP contribution in [-0.4, -0.2) is 10.1 Å². The van der Waals surface area contributed by atoms with E-state index >= 15 is 0 Å². The van der Waals surface area contributed by atoms with Gasteiger partial charge in [0.05, 0.1) is 0 Å². The third-order valence-corrected chi connectivity index (χ3v) is 4.59. The average Bonchev–Trinajstić information content (AvgIpc) is 2.46. The lowest BCUT2D eigenvalue weighted by atomic mass is 9.68. The molecule has 0 spiro atoms. The van der Waals surface area contributed by atoms with Crippen LogP contribution in [0.1, 0.15) is 33.6 Å². The van der Waals surface area contributed by atoms with Crippen LogP contribution in [0.4, 0.5) is 5.69 Å². The molecule has 0 heterocycles. The Bertz CT molecular complexity index is 641. The maximum absolute atomic E-state index is 10.1. The second-order valence-corrected chi connectivity index (χ2v) is 7.18. The molecule has 2 nitrogen and oxygen atoms in total. The molecule has 0 aromatic heterocycles. The molecule has 0 saturated carbocycles. The van der Waals surface area contributed by atoms with Crippen molar-refractivity contribution >= 4 is 22.9 Å². The summed E-state index contributed by atoms with van der Waals surface area (Å²) in [5.74, 6) is 0.523. The van der Waals surface area contributed by atoms with Crippen molar-refractivity contribution < 1.29 is 5.11 Å². The van der Waals surface area contributed by atoms with Crippen molar-refractivity contribution in [1.82, 2.24) is 0 Å². The third kappa shape index (κ3) is 5.07. The molecule has 0 fully saturated rings. The topological polar surface area (TPSA) is 32.3 Å². The summed E-state index contributed by atoms with van der Waals surface area (Å²) in [6, 6.07) is 9.70. The molecule has 23 heavy (non-hydrogen) atoms. The Morgan fingerprint density at radius 1 is 1.30 bits per heavy atom. The summed E-state index contributed by atoms with van der Waals surface area (Å²) in [5.41, 5.74) is 2.51. The monoisotopic (exact) mass is 327 g/mol. The smallest absolute Gasteiger partial charge is 0.118 e. The first-order valence-electron chi connectivity index (χ1n) is 8.00. The van der Waals surface area contributed by atoms with Gasteiger partial charge in [-0.3, -0.25) is 0 Å². The summed E-state index contributed by atoms with van der Waals surface area (Å²) >= 11 is 5.26. The highest BCUT2D eigenvalue weighted by molar-refractivity contribution is 7.81. The number of anilines is 1. The predicted molar refractivity (Wildman–Crippen MR) is 103 cm³/mol. The molecule has 1 aromatic rings. The van der Waals surface area contributed by atoms with Gasteiger partial charge in [0.1, 0.15) is 10.7 Å². The summed E-state index contributed by atoms with van der Waals surface area (Å²) < 4.78 is 0. The number of aliphatic hydroxyl groups excluding tert-OH is 1. The Hall–Kier alpha value is -1.87. The second kappa shape index (κ2) is 7.60. The lowest BCUT2D eigenvalue weighted by molar-refractivity contribution is 0.255. The zero-order valence-corrected chi connectivity index (χ0v) is 14.9. The van der Waals surface area contributed by atoms with Gasteiger partial charge < -0.3 is 10.4 Å². The van der Waals surface area contributed by atoms with Crippen molar-refractivity contribution in [1.29, 1.82) is 0 Å². The molecule has 1 atom stereocenters. The fourth-order valence-electron chi connectivity index (χ4n) is 3.06. The quantitative estimate of drug-likeness (QED) is 0.241. The lowest BCUT2D eigenvalue weighted by Crippen LogP contribution is -2.26. The fourth-order valence-corrected chi connectivity index (χ4v) is 3.30. The minimum absolute atomic E-state index is 0.174. The number of allylic oxidation sites excluding steroid dienone is 4. The van der Waals surface area contributed by atoms with Gasteiger partial charge in [-0.1, -0.05) is 62.0 Å². The molecule has 0 bridgehead atoms. The van der Waals surface area contributed by atoms with Gasteiger partial charge in [0.15, 0.2) is 0 Å². The number of hydrogen-bond donors (Lipinski definition) is 2. The van der Waals surface area contributed by atoms with Gasteiger partial charge in [-0.25, -0.2) is 0 Å². The summed E-state index contributed by atoms with van der Waals surface area (Å²) in [7, 11) is 0. The van der Waals surface area contributed by atoms with E-state index in [1.54, 1.807) is 12.2 Å². The highest BCUT2D eigenvalue weighted by atomic mass is 32.1.